The number of aryl methyl sites for hydroxylation is 1. The molecule has 0 spiro atoms. The van der Waals surface area contributed by atoms with Crippen LogP contribution in [0.25, 0.3) is 6.08 Å². The van der Waals surface area contributed by atoms with Crippen LogP contribution in [0.2, 0.25) is 0 Å². The maximum absolute atomic E-state index is 12.4. The normalized spacial score (nSPS) is 11.5. The molecule has 0 saturated carbocycles. The van der Waals surface area contributed by atoms with E-state index in [2.05, 4.69) is 20.8 Å². The third-order valence-electron chi connectivity index (χ3n) is 4.84. The third kappa shape index (κ3) is 5.54. The Labute approximate surface area is 178 Å². The molecule has 0 aliphatic carbocycles. The van der Waals surface area contributed by atoms with E-state index in [0.29, 0.717) is 16.9 Å². The van der Waals surface area contributed by atoms with Crippen molar-refractivity contribution in [3.05, 3.63) is 107 Å². The van der Waals surface area contributed by atoms with Crippen molar-refractivity contribution >= 4 is 17.8 Å². The van der Waals surface area contributed by atoms with Gasteiger partial charge in [0.15, 0.2) is 5.78 Å². The molecule has 0 bridgehead atoms. The first kappa shape index (κ1) is 21.3. The van der Waals surface area contributed by atoms with Gasteiger partial charge in [-0.15, -0.1) is 0 Å². The summed E-state index contributed by atoms with van der Waals surface area (Å²) in [6.07, 6.45) is 3.33. The highest BCUT2D eigenvalue weighted by Crippen LogP contribution is 2.23. The summed E-state index contributed by atoms with van der Waals surface area (Å²) >= 11 is 0. The molecule has 0 saturated heterocycles. The van der Waals surface area contributed by atoms with E-state index in [9.17, 15) is 9.59 Å². The second kappa shape index (κ2) is 8.91. The van der Waals surface area contributed by atoms with Gasteiger partial charge in [0.1, 0.15) is 5.75 Å². The molecule has 0 radical (unpaired) electrons. The first-order valence-electron chi connectivity index (χ1n) is 9.94. The second-order valence-corrected chi connectivity index (χ2v) is 8.35. The molecule has 3 aromatic carbocycles. The van der Waals surface area contributed by atoms with E-state index >= 15 is 0 Å². The Hall–Kier alpha value is -3.46. The number of carbonyl (C=O) groups excluding carboxylic acids is 2. The molecular formula is C27H26O3. The molecule has 152 valence electrons. The van der Waals surface area contributed by atoms with Crippen molar-refractivity contribution in [2.75, 3.05) is 0 Å². The van der Waals surface area contributed by atoms with Crippen LogP contribution in [0, 0.1) is 6.92 Å². The van der Waals surface area contributed by atoms with Gasteiger partial charge >= 0.3 is 5.97 Å². The largest absolute Gasteiger partial charge is 0.423 e. The summed E-state index contributed by atoms with van der Waals surface area (Å²) < 4.78 is 5.43. The molecule has 0 unspecified atom stereocenters. The Morgan fingerprint density at radius 3 is 1.90 bits per heavy atom. The summed E-state index contributed by atoms with van der Waals surface area (Å²) in [7, 11) is 0. The summed E-state index contributed by atoms with van der Waals surface area (Å²) in [6.45, 7) is 8.39. The number of ketones is 1. The summed E-state index contributed by atoms with van der Waals surface area (Å²) in [6, 6.07) is 22.0. The number of esters is 1. The minimum Gasteiger partial charge on any atom is -0.423 e. The van der Waals surface area contributed by atoms with Gasteiger partial charge in [-0.2, -0.15) is 0 Å². The summed E-state index contributed by atoms with van der Waals surface area (Å²) in [5, 5.41) is 0. The van der Waals surface area contributed by atoms with Crippen LogP contribution < -0.4 is 4.74 Å². The summed E-state index contributed by atoms with van der Waals surface area (Å²) in [5.41, 5.74) is 4.35. The lowest BCUT2D eigenvalue weighted by molar-refractivity contribution is 0.0734. The summed E-state index contributed by atoms with van der Waals surface area (Å²) in [5.74, 6) is -0.126. The van der Waals surface area contributed by atoms with Gasteiger partial charge in [-0.05, 0) is 65.9 Å². The van der Waals surface area contributed by atoms with Gasteiger partial charge in [0.05, 0.1) is 5.56 Å². The SMILES string of the molecule is Cc1ccc(/C=C/C(=O)c2ccc(OC(=O)c3ccc(C(C)(C)C)cc3)cc2)cc1. The first-order chi connectivity index (χ1) is 14.2. The highest BCUT2D eigenvalue weighted by Gasteiger charge is 2.15. The van der Waals surface area contributed by atoms with Crippen molar-refractivity contribution < 1.29 is 14.3 Å². The van der Waals surface area contributed by atoms with Gasteiger partial charge < -0.3 is 4.74 Å². The van der Waals surface area contributed by atoms with Gasteiger partial charge in [-0.1, -0.05) is 68.8 Å². The summed E-state index contributed by atoms with van der Waals surface area (Å²) in [4.78, 5) is 24.7. The van der Waals surface area contributed by atoms with Gasteiger partial charge in [-0.25, -0.2) is 4.79 Å². The molecule has 0 N–H and O–H groups in total. The van der Waals surface area contributed by atoms with E-state index in [-0.39, 0.29) is 11.2 Å². The van der Waals surface area contributed by atoms with Crippen LogP contribution in [-0.2, 0) is 5.41 Å². The molecule has 3 rings (SSSR count). The molecule has 0 aliphatic heterocycles. The third-order valence-corrected chi connectivity index (χ3v) is 4.84. The lowest BCUT2D eigenvalue weighted by Crippen LogP contribution is -2.13. The molecule has 0 atom stereocenters. The number of ether oxygens (including phenoxy) is 1. The molecule has 3 nitrogen and oxygen atoms in total. The van der Waals surface area contributed by atoms with E-state index in [1.807, 2.05) is 43.3 Å². The Bertz CT molecular complexity index is 1050. The van der Waals surface area contributed by atoms with Gasteiger partial charge in [-0.3, -0.25) is 4.79 Å². The number of allylic oxidation sites excluding steroid dienone is 1. The molecular weight excluding hydrogens is 372 g/mol. The Balaban J connectivity index is 1.63. The van der Waals surface area contributed by atoms with Crippen LogP contribution in [0.15, 0.2) is 78.9 Å². The second-order valence-electron chi connectivity index (χ2n) is 8.35. The monoisotopic (exact) mass is 398 g/mol. The van der Waals surface area contributed by atoms with Crippen molar-refractivity contribution in [1.29, 1.82) is 0 Å². The predicted octanol–water partition coefficient (Wildman–Crippen LogP) is 6.41. The quantitative estimate of drug-likeness (QED) is 0.216. The average Bonchev–Trinajstić information content (AvgIpc) is 2.73. The molecule has 0 aromatic heterocycles. The minimum absolute atomic E-state index is 0.0265. The van der Waals surface area contributed by atoms with Crippen LogP contribution in [0.5, 0.6) is 5.75 Å². The number of benzene rings is 3. The Morgan fingerprint density at radius 1 is 0.767 bits per heavy atom. The van der Waals surface area contributed by atoms with Crippen molar-refractivity contribution in [3.63, 3.8) is 0 Å². The highest BCUT2D eigenvalue weighted by atomic mass is 16.5. The molecule has 3 aromatic rings. The highest BCUT2D eigenvalue weighted by molar-refractivity contribution is 6.06. The number of carbonyl (C=O) groups is 2. The van der Waals surface area contributed by atoms with E-state index in [4.69, 9.17) is 4.74 Å². The van der Waals surface area contributed by atoms with Crippen molar-refractivity contribution in [3.8, 4) is 5.75 Å². The zero-order valence-electron chi connectivity index (χ0n) is 17.8. The standard InChI is InChI=1S/C27H26O3/c1-19-5-7-20(8-6-19)9-18-25(28)21-12-16-24(17-13-21)30-26(29)22-10-14-23(15-11-22)27(2,3)4/h5-18H,1-4H3/b18-9+. The fourth-order valence-electron chi connectivity index (χ4n) is 2.91. The van der Waals surface area contributed by atoms with E-state index in [1.165, 1.54) is 5.56 Å². The number of hydrogen-bond donors (Lipinski definition) is 0. The van der Waals surface area contributed by atoms with Crippen molar-refractivity contribution in [2.24, 2.45) is 0 Å². The lowest BCUT2D eigenvalue weighted by atomic mass is 9.87. The zero-order chi connectivity index (χ0) is 21.7. The fourth-order valence-corrected chi connectivity index (χ4v) is 2.91. The molecule has 0 amide bonds. The van der Waals surface area contributed by atoms with E-state index in [1.54, 1.807) is 48.6 Å². The number of rotatable bonds is 5. The molecule has 3 heteroatoms. The first-order valence-corrected chi connectivity index (χ1v) is 9.94. The van der Waals surface area contributed by atoms with E-state index < -0.39 is 5.97 Å². The Morgan fingerprint density at radius 2 is 1.33 bits per heavy atom. The van der Waals surface area contributed by atoms with E-state index in [0.717, 1.165) is 11.1 Å². The molecule has 0 fully saturated rings. The van der Waals surface area contributed by atoms with Crippen LogP contribution >= 0.6 is 0 Å². The van der Waals surface area contributed by atoms with Crippen LogP contribution in [0.1, 0.15) is 58.2 Å². The maximum Gasteiger partial charge on any atom is 0.343 e. The zero-order valence-corrected chi connectivity index (χ0v) is 17.8. The smallest absolute Gasteiger partial charge is 0.343 e. The van der Waals surface area contributed by atoms with Gasteiger partial charge in [0.25, 0.3) is 0 Å². The van der Waals surface area contributed by atoms with Crippen LogP contribution in [0.4, 0.5) is 0 Å². The van der Waals surface area contributed by atoms with Crippen LogP contribution in [0.3, 0.4) is 0 Å². The maximum atomic E-state index is 12.4. The molecule has 0 heterocycles. The molecule has 0 aliphatic rings. The van der Waals surface area contributed by atoms with Gasteiger partial charge in [0.2, 0.25) is 0 Å². The number of hydrogen-bond acceptors (Lipinski definition) is 3. The fraction of sp³-hybridized carbons (Fsp3) is 0.185. The Kier molecular flexibility index (Phi) is 6.31. The van der Waals surface area contributed by atoms with Crippen LogP contribution in [-0.4, -0.2) is 11.8 Å². The van der Waals surface area contributed by atoms with Crippen molar-refractivity contribution in [2.45, 2.75) is 33.1 Å². The topological polar surface area (TPSA) is 43.4 Å². The average molecular weight is 399 g/mol. The minimum atomic E-state index is -0.422. The molecule has 30 heavy (non-hydrogen) atoms. The lowest BCUT2D eigenvalue weighted by Gasteiger charge is -2.18. The van der Waals surface area contributed by atoms with Gasteiger partial charge in [0, 0.05) is 5.56 Å². The predicted molar refractivity (Wildman–Crippen MR) is 121 cm³/mol. The van der Waals surface area contributed by atoms with Crippen molar-refractivity contribution in [1.82, 2.24) is 0 Å².